The van der Waals surface area contributed by atoms with Gasteiger partial charge in [0.1, 0.15) is 17.6 Å². The summed E-state index contributed by atoms with van der Waals surface area (Å²) in [6, 6.07) is 9.22. The molecule has 1 unspecified atom stereocenters. The molecule has 0 radical (unpaired) electrons. The number of carbonyl (C=O) groups excluding carboxylic acids is 2. The maximum atomic E-state index is 13.6. The molecule has 0 saturated heterocycles. The highest BCUT2D eigenvalue weighted by Gasteiger charge is 2.38. The lowest BCUT2D eigenvalue weighted by Crippen LogP contribution is -2.43. The largest absolute Gasteiger partial charge is 0.468 e. The van der Waals surface area contributed by atoms with E-state index in [2.05, 4.69) is 9.84 Å². The first-order valence-electron chi connectivity index (χ1n) is 7.60. The number of hydrogen-bond acceptors (Lipinski definition) is 4. The summed E-state index contributed by atoms with van der Waals surface area (Å²) >= 11 is 5.87. The standard InChI is InChI=1S/C18H13ClF2N2O3/c1-26-18(25)15-9-16(10-2-4-11(19)5-3-10)22-23(17(15)24)14-7-12(20)6-13(21)8-14/h2-8,15H,9H2,1H3. The number of amides is 1. The minimum Gasteiger partial charge on any atom is -0.468 e. The molecule has 2 aromatic carbocycles. The Morgan fingerprint density at radius 3 is 2.38 bits per heavy atom. The van der Waals surface area contributed by atoms with Crippen LogP contribution in [0.5, 0.6) is 0 Å². The summed E-state index contributed by atoms with van der Waals surface area (Å²) in [6.07, 6.45) is 0.00143. The summed E-state index contributed by atoms with van der Waals surface area (Å²) in [7, 11) is 1.16. The summed E-state index contributed by atoms with van der Waals surface area (Å²) < 4.78 is 31.8. The molecule has 0 N–H and O–H groups in total. The highest BCUT2D eigenvalue weighted by Crippen LogP contribution is 2.28. The van der Waals surface area contributed by atoms with Gasteiger partial charge in [0.25, 0.3) is 5.91 Å². The molecule has 26 heavy (non-hydrogen) atoms. The molecule has 1 atom stereocenters. The maximum absolute atomic E-state index is 13.6. The molecule has 2 aromatic rings. The summed E-state index contributed by atoms with van der Waals surface area (Å²) in [6.45, 7) is 0. The Kier molecular flexibility index (Phi) is 4.99. The van der Waals surface area contributed by atoms with E-state index in [9.17, 15) is 18.4 Å². The molecule has 1 aliphatic rings. The summed E-state index contributed by atoms with van der Waals surface area (Å²) in [5.41, 5.74) is 0.895. The summed E-state index contributed by atoms with van der Waals surface area (Å²) in [5, 5.41) is 5.53. The van der Waals surface area contributed by atoms with Crippen molar-refractivity contribution in [2.75, 3.05) is 12.1 Å². The van der Waals surface area contributed by atoms with Gasteiger partial charge in [0.15, 0.2) is 0 Å². The molecule has 8 heteroatoms. The van der Waals surface area contributed by atoms with E-state index in [4.69, 9.17) is 11.6 Å². The van der Waals surface area contributed by atoms with Crippen molar-refractivity contribution < 1.29 is 23.1 Å². The van der Waals surface area contributed by atoms with Crippen LogP contribution in [0.1, 0.15) is 12.0 Å². The second kappa shape index (κ2) is 7.21. The van der Waals surface area contributed by atoms with Crippen LogP contribution in [0.15, 0.2) is 47.6 Å². The van der Waals surface area contributed by atoms with Gasteiger partial charge in [0, 0.05) is 17.5 Å². The fraction of sp³-hybridized carbons (Fsp3) is 0.167. The zero-order valence-electron chi connectivity index (χ0n) is 13.6. The lowest BCUT2D eigenvalue weighted by molar-refractivity contribution is -0.149. The van der Waals surface area contributed by atoms with Gasteiger partial charge in [-0.1, -0.05) is 23.7 Å². The third-order valence-electron chi connectivity index (χ3n) is 3.88. The molecule has 0 bridgehead atoms. The topological polar surface area (TPSA) is 59.0 Å². The number of rotatable bonds is 3. The number of ether oxygens (including phenoxy) is 1. The van der Waals surface area contributed by atoms with Crippen molar-refractivity contribution in [2.24, 2.45) is 11.0 Å². The molecule has 0 aromatic heterocycles. The molecule has 1 amide bonds. The molecule has 1 aliphatic heterocycles. The third kappa shape index (κ3) is 3.57. The van der Waals surface area contributed by atoms with E-state index in [-0.39, 0.29) is 12.1 Å². The average molecular weight is 379 g/mol. The Hall–Kier alpha value is -2.80. The van der Waals surface area contributed by atoms with Gasteiger partial charge in [0.05, 0.1) is 18.5 Å². The van der Waals surface area contributed by atoms with E-state index in [0.29, 0.717) is 22.4 Å². The molecule has 0 fully saturated rings. The van der Waals surface area contributed by atoms with E-state index in [1.807, 2.05) is 0 Å². The number of nitrogens with zero attached hydrogens (tertiary/aromatic N) is 2. The van der Waals surface area contributed by atoms with Crippen LogP contribution >= 0.6 is 11.6 Å². The van der Waals surface area contributed by atoms with E-state index in [1.54, 1.807) is 24.3 Å². The van der Waals surface area contributed by atoms with Gasteiger partial charge in [-0.25, -0.2) is 8.78 Å². The highest BCUT2D eigenvalue weighted by atomic mass is 35.5. The van der Waals surface area contributed by atoms with Crippen LogP contribution in [0.3, 0.4) is 0 Å². The number of hydrogen-bond donors (Lipinski definition) is 0. The second-order valence-electron chi connectivity index (χ2n) is 5.61. The van der Waals surface area contributed by atoms with Crippen LogP contribution in [-0.2, 0) is 14.3 Å². The second-order valence-corrected chi connectivity index (χ2v) is 6.05. The number of hydrazone groups is 1. The molecule has 134 valence electrons. The predicted molar refractivity (Wildman–Crippen MR) is 92.0 cm³/mol. The van der Waals surface area contributed by atoms with Crippen molar-refractivity contribution >= 4 is 34.9 Å². The van der Waals surface area contributed by atoms with Gasteiger partial charge >= 0.3 is 5.97 Å². The smallest absolute Gasteiger partial charge is 0.318 e. The first kappa shape index (κ1) is 18.0. The molecule has 1 heterocycles. The van der Waals surface area contributed by atoms with E-state index in [0.717, 1.165) is 24.3 Å². The van der Waals surface area contributed by atoms with Gasteiger partial charge in [-0.05, 0) is 29.8 Å². The third-order valence-corrected chi connectivity index (χ3v) is 4.13. The minimum absolute atomic E-state index is 0.00143. The van der Waals surface area contributed by atoms with Crippen LogP contribution in [0.2, 0.25) is 5.02 Å². The molecule has 0 spiro atoms. The van der Waals surface area contributed by atoms with Gasteiger partial charge in [-0.15, -0.1) is 0 Å². The van der Waals surface area contributed by atoms with Gasteiger partial charge in [-0.3, -0.25) is 9.59 Å². The number of anilines is 1. The van der Waals surface area contributed by atoms with Crippen LogP contribution in [0.4, 0.5) is 14.5 Å². The van der Waals surface area contributed by atoms with Gasteiger partial charge in [-0.2, -0.15) is 10.1 Å². The molecule has 3 rings (SSSR count). The first-order valence-corrected chi connectivity index (χ1v) is 7.98. The highest BCUT2D eigenvalue weighted by molar-refractivity contribution is 6.30. The predicted octanol–water partition coefficient (Wildman–Crippen LogP) is 3.55. The number of carbonyl (C=O) groups is 2. The maximum Gasteiger partial charge on any atom is 0.318 e. The number of halogens is 3. The Morgan fingerprint density at radius 2 is 1.81 bits per heavy atom. The quantitative estimate of drug-likeness (QED) is 0.606. The molecule has 5 nitrogen and oxygen atoms in total. The van der Waals surface area contributed by atoms with Crippen LogP contribution in [0.25, 0.3) is 0 Å². The first-order chi connectivity index (χ1) is 12.4. The molecule has 0 saturated carbocycles. The van der Waals surface area contributed by atoms with E-state index in [1.165, 1.54) is 0 Å². The summed E-state index contributed by atoms with van der Waals surface area (Å²) in [5.74, 6) is -4.38. The number of benzene rings is 2. The van der Waals surface area contributed by atoms with Crippen LogP contribution in [-0.4, -0.2) is 24.7 Å². The Morgan fingerprint density at radius 1 is 1.19 bits per heavy atom. The Balaban J connectivity index is 2.09. The fourth-order valence-electron chi connectivity index (χ4n) is 2.63. The number of methoxy groups -OCH3 is 1. The van der Waals surface area contributed by atoms with Crippen molar-refractivity contribution in [3.05, 3.63) is 64.7 Å². The molecular formula is C18H13ClF2N2O3. The van der Waals surface area contributed by atoms with Crippen molar-refractivity contribution in [3.63, 3.8) is 0 Å². The molecule has 0 aliphatic carbocycles. The Labute approximate surface area is 152 Å². The SMILES string of the molecule is COC(=O)C1CC(c2ccc(Cl)cc2)=NN(c2cc(F)cc(F)c2)C1=O. The van der Waals surface area contributed by atoms with E-state index >= 15 is 0 Å². The van der Waals surface area contributed by atoms with Crippen molar-refractivity contribution in [3.8, 4) is 0 Å². The summed E-state index contributed by atoms with van der Waals surface area (Å²) in [4.78, 5) is 24.7. The zero-order valence-corrected chi connectivity index (χ0v) is 14.3. The fourth-order valence-corrected chi connectivity index (χ4v) is 2.76. The van der Waals surface area contributed by atoms with Crippen LogP contribution < -0.4 is 5.01 Å². The van der Waals surface area contributed by atoms with E-state index < -0.39 is 29.4 Å². The van der Waals surface area contributed by atoms with Gasteiger partial charge < -0.3 is 4.74 Å². The van der Waals surface area contributed by atoms with Crippen molar-refractivity contribution in [1.29, 1.82) is 0 Å². The lowest BCUT2D eigenvalue weighted by Gasteiger charge is -2.28. The monoisotopic (exact) mass is 378 g/mol. The lowest BCUT2D eigenvalue weighted by atomic mass is 9.95. The Bertz CT molecular complexity index is 880. The number of esters is 1. The molecular weight excluding hydrogens is 366 g/mol. The normalized spacial score (nSPS) is 17.1. The average Bonchev–Trinajstić information content (AvgIpc) is 2.61. The van der Waals surface area contributed by atoms with Crippen LogP contribution in [0, 0.1) is 17.6 Å². The minimum atomic E-state index is -1.17. The zero-order chi connectivity index (χ0) is 18.8. The van der Waals surface area contributed by atoms with Crippen molar-refractivity contribution in [2.45, 2.75) is 6.42 Å². The van der Waals surface area contributed by atoms with Gasteiger partial charge in [0.2, 0.25) is 0 Å². The van der Waals surface area contributed by atoms with Crippen molar-refractivity contribution in [1.82, 2.24) is 0 Å².